The number of benzene rings is 2. The van der Waals surface area contributed by atoms with Crippen LogP contribution in [-0.2, 0) is 5.41 Å². The summed E-state index contributed by atoms with van der Waals surface area (Å²) in [4.78, 5) is 14.2. The summed E-state index contributed by atoms with van der Waals surface area (Å²) < 4.78 is 0. The molecular weight excluding hydrogens is 272 g/mol. The van der Waals surface area contributed by atoms with Crippen LogP contribution in [0.3, 0.4) is 0 Å². The Morgan fingerprint density at radius 1 is 1.00 bits per heavy atom. The number of carbonyl (C=O) groups excluding carboxylic acids is 1. The van der Waals surface area contributed by atoms with Gasteiger partial charge in [-0.2, -0.15) is 0 Å². The lowest BCUT2D eigenvalue weighted by atomic mass is 9.87. The minimum atomic E-state index is -0.114. The number of nitrogens with zero attached hydrogens (tertiary/aromatic N) is 1. The first-order valence-electron chi connectivity index (χ1n) is 7.66. The highest BCUT2D eigenvalue weighted by molar-refractivity contribution is 6.01. The number of para-hydroxylation sites is 1. The van der Waals surface area contributed by atoms with Crippen LogP contribution < -0.4 is 10.2 Å². The van der Waals surface area contributed by atoms with Crippen LogP contribution in [0.1, 0.15) is 33.3 Å². The third-order valence-corrected chi connectivity index (χ3v) is 3.63. The minimum Gasteiger partial charge on any atom is -0.308 e. The number of anilines is 2. The third kappa shape index (κ3) is 3.88. The van der Waals surface area contributed by atoms with E-state index in [1.807, 2.05) is 49.4 Å². The molecule has 3 nitrogen and oxygen atoms in total. The van der Waals surface area contributed by atoms with Crippen molar-refractivity contribution in [3.05, 3.63) is 60.2 Å². The standard InChI is InChI=1S/C19H24N2O/c1-5-21(17-9-7-6-8-10-17)18(22)20-16-13-11-15(12-14-16)19(2,3)4/h6-14H,5H2,1-4H3,(H,20,22). The second-order valence-corrected chi connectivity index (χ2v) is 6.34. The van der Waals surface area contributed by atoms with Gasteiger partial charge in [-0.3, -0.25) is 4.90 Å². The summed E-state index contributed by atoms with van der Waals surface area (Å²) in [5, 5.41) is 2.96. The molecule has 0 unspecified atom stereocenters. The first-order chi connectivity index (χ1) is 10.4. The Bertz CT molecular complexity index is 612. The molecule has 2 amide bonds. The maximum absolute atomic E-state index is 12.4. The molecule has 1 N–H and O–H groups in total. The quantitative estimate of drug-likeness (QED) is 0.845. The Kier molecular flexibility index (Phi) is 4.86. The van der Waals surface area contributed by atoms with E-state index < -0.39 is 0 Å². The maximum atomic E-state index is 12.4. The molecule has 0 aliphatic carbocycles. The van der Waals surface area contributed by atoms with E-state index in [4.69, 9.17) is 0 Å². The molecule has 116 valence electrons. The molecule has 0 radical (unpaired) electrons. The number of hydrogen-bond donors (Lipinski definition) is 1. The number of amides is 2. The summed E-state index contributed by atoms with van der Waals surface area (Å²) in [6.07, 6.45) is 0. The van der Waals surface area contributed by atoms with Gasteiger partial charge in [-0.15, -0.1) is 0 Å². The van der Waals surface area contributed by atoms with Gasteiger partial charge in [0.1, 0.15) is 0 Å². The molecule has 0 aliphatic heterocycles. The SMILES string of the molecule is CCN(C(=O)Nc1ccc(C(C)(C)C)cc1)c1ccccc1. The maximum Gasteiger partial charge on any atom is 0.326 e. The van der Waals surface area contributed by atoms with Crippen molar-refractivity contribution < 1.29 is 4.79 Å². The smallest absolute Gasteiger partial charge is 0.308 e. The Labute approximate surface area is 133 Å². The van der Waals surface area contributed by atoms with Crippen LogP contribution in [0.5, 0.6) is 0 Å². The second-order valence-electron chi connectivity index (χ2n) is 6.34. The van der Waals surface area contributed by atoms with Crippen molar-refractivity contribution in [1.29, 1.82) is 0 Å². The molecule has 2 rings (SSSR count). The average Bonchev–Trinajstić information content (AvgIpc) is 2.48. The highest BCUT2D eigenvalue weighted by Gasteiger charge is 2.15. The summed E-state index contributed by atoms with van der Waals surface area (Å²) in [7, 11) is 0. The Morgan fingerprint density at radius 2 is 1.59 bits per heavy atom. The highest BCUT2D eigenvalue weighted by Crippen LogP contribution is 2.24. The molecule has 0 heterocycles. The van der Waals surface area contributed by atoms with Crippen LogP contribution in [0, 0.1) is 0 Å². The largest absolute Gasteiger partial charge is 0.326 e. The Morgan fingerprint density at radius 3 is 2.09 bits per heavy atom. The van der Waals surface area contributed by atoms with Gasteiger partial charge in [-0.1, -0.05) is 51.1 Å². The topological polar surface area (TPSA) is 32.3 Å². The van der Waals surface area contributed by atoms with Gasteiger partial charge in [-0.25, -0.2) is 4.79 Å². The fraction of sp³-hybridized carbons (Fsp3) is 0.316. The first kappa shape index (κ1) is 16.1. The predicted molar refractivity (Wildman–Crippen MR) is 93.6 cm³/mol. The van der Waals surface area contributed by atoms with Gasteiger partial charge in [0, 0.05) is 17.9 Å². The zero-order valence-corrected chi connectivity index (χ0v) is 13.8. The van der Waals surface area contributed by atoms with Crippen molar-refractivity contribution in [3.8, 4) is 0 Å². The first-order valence-corrected chi connectivity index (χ1v) is 7.66. The monoisotopic (exact) mass is 296 g/mol. The van der Waals surface area contributed by atoms with Crippen molar-refractivity contribution >= 4 is 17.4 Å². The summed E-state index contributed by atoms with van der Waals surface area (Å²) in [6.45, 7) is 9.11. The normalized spacial score (nSPS) is 11.1. The zero-order valence-electron chi connectivity index (χ0n) is 13.8. The zero-order chi connectivity index (χ0) is 16.2. The van der Waals surface area contributed by atoms with Crippen LogP contribution in [0.25, 0.3) is 0 Å². The van der Waals surface area contributed by atoms with Gasteiger partial charge in [0.05, 0.1) is 0 Å². The molecule has 0 fully saturated rings. The highest BCUT2D eigenvalue weighted by atomic mass is 16.2. The molecule has 22 heavy (non-hydrogen) atoms. The summed E-state index contributed by atoms with van der Waals surface area (Å²) in [5.74, 6) is 0. The third-order valence-electron chi connectivity index (χ3n) is 3.63. The number of hydrogen-bond acceptors (Lipinski definition) is 1. The van der Waals surface area contributed by atoms with Crippen molar-refractivity contribution in [2.45, 2.75) is 33.1 Å². The molecular formula is C19H24N2O. The van der Waals surface area contributed by atoms with Gasteiger partial charge < -0.3 is 5.32 Å². The summed E-state index contributed by atoms with van der Waals surface area (Å²) in [6, 6.07) is 17.6. The van der Waals surface area contributed by atoms with Crippen molar-refractivity contribution in [2.24, 2.45) is 0 Å². The molecule has 2 aromatic rings. The van der Waals surface area contributed by atoms with E-state index in [1.54, 1.807) is 4.90 Å². The fourth-order valence-electron chi connectivity index (χ4n) is 2.30. The molecule has 0 atom stereocenters. The molecule has 2 aromatic carbocycles. The molecule has 0 aliphatic rings. The van der Waals surface area contributed by atoms with E-state index >= 15 is 0 Å². The van der Waals surface area contributed by atoms with Gasteiger partial charge >= 0.3 is 6.03 Å². The van der Waals surface area contributed by atoms with Crippen LogP contribution in [0.4, 0.5) is 16.2 Å². The lowest BCUT2D eigenvalue weighted by Gasteiger charge is -2.22. The molecule has 0 spiro atoms. The van der Waals surface area contributed by atoms with Crippen LogP contribution in [-0.4, -0.2) is 12.6 Å². The number of carbonyl (C=O) groups is 1. The summed E-state index contributed by atoms with van der Waals surface area (Å²) >= 11 is 0. The Balaban J connectivity index is 2.11. The molecule has 3 heteroatoms. The van der Waals surface area contributed by atoms with E-state index in [2.05, 4.69) is 38.2 Å². The molecule has 0 aromatic heterocycles. The van der Waals surface area contributed by atoms with Crippen LogP contribution in [0.15, 0.2) is 54.6 Å². The fourth-order valence-corrected chi connectivity index (χ4v) is 2.30. The van der Waals surface area contributed by atoms with Crippen molar-refractivity contribution in [3.63, 3.8) is 0 Å². The van der Waals surface area contributed by atoms with E-state index in [0.717, 1.165) is 11.4 Å². The number of nitrogens with one attached hydrogen (secondary N) is 1. The Hall–Kier alpha value is -2.29. The van der Waals surface area contributed by atoms with Crippen LogP contribution in [0.2, 0.25) is 0 Å². The molecule has 0 saturated carbocycles. The number of rotatable bonds is 3. The van der Waals surface area contributed by atoms with E-state index in [1.165, 1.54) is 5.56 Å². The minimum absolute atomic E-state index is 0.113. The van der Waals surface area contributed by atoms with Gasteiger partial charge in [-0.05, 0) is 42.2 Å². The lowest BCUT2D eigenvalue weighted by molar-refractivity contribution is 0.257. The summed E-state index contributed by atoms with van der Waals surface area (Å²) in [5.41, 5.74) is 3.07. The van der Waals surface area contributed by atoms with E-state index in [9.17, 15) is 4.79 Å². The van der Waals surface area contributed by atoms with Crippen LogP contribution >= 0.6 is 0 Å². The van der Waals surface area contributed by atoms with Gasteiger partial charge in [0.2, 0.25) is 0 Å². The molecule has 0 bridgehead atoms. The van der Waals surface area contributed by atoms with Gasteiger partial charge in [0.15, 0.2) is 0 Å². The predicted octanol–water partition coefficient (Wildman–Crippen LogP) is 5.04. The second kappa shape index (κ2) is 6.65. The van der Waals surface area contributed by atoms with Crippen molar-refractivity contribution in [2.75, 3.05) is 16.8 Å². The average molecular weight is 296 g/mol. The lowest BCUT2D eigenvalue weighted by Crippen LogP contribution is -2.34. The molecule has 0 saturated heterocycles. The number of urea groups is 1. The van der Waals surface area contributed by atoms with Crippen molar-refractivity contribution in [1.82, 2.24) is 0 Å². The van der Waals surface area contributed by atoms with Gasteiger partial charge in [0.25, 0.3) is 0 Å². The van der Waals surface area contributed by atoms with E-state index in [0.29, 0.717) is 6.54 Å². The van der Waals surface area contributed by atoms with E-state index in [-0.39, 0.29) is 11.4 Å².